The monoisotopic (exact) mass is 493 g/mol. The molecule has 3 aromatic rings. The summed E-state index contributed by atoms with van der Waals surface area (Å²) < 4.78 is 54.5. The van der Waals surface area contributed by atoms with Gasteiger partial charge >= 0.3 is 12.2 Å². The Morgan fingerprint density at radius 3 is 2.46 bits per heavy atom. The Hall–Kier alpha value is -3.74. The third kappa shape index (κ3) is 4.76. The highest BCUT2D eigenvalue weighted by Crippen LogP contribution is 2.35. The van der Waals surface area contributed by atoms with E-state index in [-0.39, 0.29) is 17.8 Å². The highest BCUT2D eigenvalue weighted by Gasteiger charge is 2.34. The molecule has 1 aromatic carbocycles. The van der Waals surface area contributed by atoms with E-state index in [0.717, 1.165) is 24.1 Å². The van der Waals surface area contributed by atoms with Gasteiger partial charge in [-0.15, -0.1) is 0 Å². The Kier molecular flexibility index (Phi) is 6.36. The lowest BCUT2D eigenvalue weighted by Crippen LogP contribution is -2.46. The van der Waals surface area contributed by atoms with E-state index in [4.69, 9.17) is 0 Å². The number of fused-ring (bicyclic) bond motifs is 1. The van der Waals surface area contributed by atoms with Gasteiger partial charge in [0.2, 0.25) is 6.41 Å². The summed E-state index contributed by atoms with van der Waals surface area (Å²) in [5, 5.41) is 7.21. The molecule has 4 rings (SSSR count). The topological polar surface area (TPSA) is 86.6 Å². The van der Waals surface area contributed by atoms with Crippen molar-refractivity contribution in [2.24, 2.45) is 7.05 Å². The number of carbonyl (C=O) groups is 2. The first kappa shape index (κ1) is 24.4. The number of aryl methyl sites for hydroxylation is 2. The Morgan fingerprint density at radius 2 is 1.83 bits per heavy atom. The number of amides is 3. The standard InChI is InChI=1S/C22H23F4N7O2/c1-13-15-11-18(20(28-19(15)31(3)29-13)32-8-6-30(2)7-9-32)33(12-34)21(35)27-14-4-5-17(23)16(10-14)22(24,25)26/h4-5,10-12H,6-9H2,1-3H3,(H,27,35). The zero-order valence-corrected chi connectivity index (χ0v) is 19.2. The summed E-state index contributed by atoms with van der Waals surface area (Å²) in [6.07, 6.45) is -4.69. The maximum Gasteiger partial charge on any atom is 0.419 e. The SMILES string of the molecule is Cc1nn(C)c2nc(N3CCN(C)CC3)c(N(C=O)C(=O)Nc3ccc(F)c(C(F)(F)F)c3)cc12. The second-order valence-corrected chi connectivity index (χ2v) is 8.30. The number of hydrogen-bond acceptors (Lipinski definition) is 6. The van der Waals surface area contributed by atoms with Crippen LogP contribution in [0, 0.1) is 12.7 Å². The molecule has 0 aliphatic carbocycles. The van der Waals surface area contributed by atoms with Gasteiger partial charge in [0, 0.05) is 44.3 Å². The number of aromatic nitrogens is 3. The molecule has 1 aliphatic rings. The number of pyridine rings is 1. The number of urea groups is 1. The molecule has 0 bridgehead atoms. The maximum absolute atomic E-state index is 13.6. The number of piperazine rings is 1. The number of anilines is 3. The normalized spacial score (nSPS) is 14.9. The molecule has 1 aliphatic heterocycles. The molecule has 0 saturated carbocycles. The number of alkyl halides is 3. The molecule has 13 heteroatoms. The Labute approximate surface area is 197 Å². The number of nitrogens with one attached hydrogen (secondary N) is 1. The van der Waals surface area contributed by atoms with Crippen molar-refractivity contribution < 1.29 is 27.2 Å². The second kappa shape index (κ2) is 9.13. The summed E-state index contributed by atoms with van der Waals surface area (Å²) >= 11 is 0. The molecule has 186 valence electrons. The molecular formula is C22H23F4N7O2. The molecule has 0 atom stereocenters. The lowest BCUT2D eigenvalue weighted by Gasteiger charge is -2.35. The summed E-state index contributed by atoms with van der Waals surface area (Å²) in [5.41, 5.74) is -0.507. The van der Waals surface area contributed by atoms with E-state index >= 15 is 0 Å². The molecule has 3 heterocycles. The number of rotatable bonds is 4. The second-order valence-electron chi connectivity index (χ2n) is 8.30. The van der Waals surface area contributed by atoms with Crippen LogP contribution in [0.5, 0.6) is 0 Å². The first-order chi connectivity index (χ1) is 16.5. The van der Waals surface area contributed by atoms with Crippen molar-refractivity contribution in [1.82, 2.24) is 19.7 Å². The number of nitrogens with zero attached hydrogens (tertiary/aromatic N) is 6. The van der Waals surface area contributed by atoms with Crippen LogP contribution in [-0.2, 0) is 18.0 Å². The fraction of sp³-hybridized carbons (Fsp3) is 0.364. The van der Waals surface area contributed by atoms with Gasteiger partial charge in [-0.3, -0.25) is 9.48 Å². The van der Waals surface area contributed by atoms with Crippen LogP contribution >= 0.6 is 0 Å². The Balaban J connectivity index is 1.74. The van der Waals surface area contributed by atoms with Crippen molar-refractivity contribution >= 4 is 40.7 Å². The minimum atomic E-state index is -4.95. The van der Waals surface area contributed by atoms with Crippen LogP contribution in [0.3, 0.4) is 0 Å². The smallest absolute Gasteiger partial charge is 0.352 e. The van der Waals surface area contributed by atoms with Crippen LogP contribution in [-0.4, -0.2) is 65.3 Å². The largest absolute Gasteiger partial charge is 0.419 e. The summed E-state index contributed by atoms with van der Waals surface area (Å²) in [5.74, 6) is -1.10. The zero-order valence-electron chi connectivity index (χ0n) is 19.2. The van der Waals surface area contributed by atoms with Gasteiger partial charge in [0.15, 0.2) is 11.5 Å². The van der Waals surface area contributed by atoms with Gasteiger partial charge in [0.25, 0.3) is 0 Å². The van der Waals surface area contributed by atoms with E-state index < -0.39 is 23.6 Å². The van der Waals surface area contributed by atoms with Gasteiger partial charge in [-0.1, -0.05) is 0 Å². The quantitative estimate of drug-likeness (QED) is 0.443. The van der Waals surface area contributed by atoms with Gasteiger partial charge < -0.3 is 15.1 Å². The molecule has 0 unspecified atom stereocenters. The molecule has 0 radical (unpaired) electrons. The highest BCUT2D eigenvalue weighted by molar-refractivity contribution is 6.14. The molecule has 3 amide bonds. The molecule has 35 heavy (non-hydrogen) atoms. The van der Waals surface area contributed by atoms with Crippen LogP contribution in [0.15, 0.2) is 24.3 Å². The highest BCUT2D eigenvalue weighted by atomic mass is 19.4. The zero-order chi connectivity index (χ0) is 25.5. The van der Waals surface area contributed by atoms with Gasteiger partial charge in [-0.05, 0) is 38.2 Å². The number of halogens is 4. The first-order valence-corrected chi connectivity index (χ1v) is 10.7. The van der Waals surface area contributed by atoms with Gasteiger partial charge in [0.1, 0.15) is 5.82 Å². The number of likely N-dealkylation sites (N-methyl/N-ethyl adjacent to an activating group) is 1. The molecule has 1 fully saturated rings. The molecule has 2 aromatic heterocycles. The van der Waals surface area contributed by atoms with Crippen molar-refractivity contribution in [1.29, 1.82) is 0 Å². The van der Waals surface area contributed by atoms with E-state index in [0.29, 0.717) is 47.8 Å². The predicted molar refractivity (Wildman–Crippen MR) is 122 cm³/mol. The van der Waals surface area contributed by atoms with Gasteiger partial charge in [-0.2, -0.15) is 18.3 Å². The third-order valence-corrected chi connectivity index (χ3v) is 5.87. The van der Waals surface area contributed by atoms with Crippen LogP contribution in [0.4, 0.5) is 39.5 Å². The van der Waals surface area contributed by atoms with Crippen molar-refractivity contribution in [3.05, 3.63) is 41.3 Å². The van der Waals surface area contributed by atoms with Crippen molar-refractivity contribution in [3.8, 4) is 0 Å². The van der Waals surface area contributed by atoms with E-state index in [1.54, 1.807) is 24.7 Å². The van der Waals surface area contributed by atoms with E-state index in [1.165, 1.54) is 0 Å². The van der Waals surface area contributed by atoms with E-state index in [1.807, 2.05) is 11.9 Å². The Morgan fingerprint density at radius 1 is 1.14 bits per heavy atom. The van der Waals surface area contributed by atoms with Gasteiger partial charge in [0.05, 0.1) is 16.9 Å². The fourth-order valence-electron chi connectivity index (χ4n) is 3.97. The van der Waals surface area contributed by atoms with Crippen molar-refractivity contribution in [2.75, 3.05) is 48.3 Å². The average Bonchev–Trinajstić information content (AvgIpc) is 3.07. The Bertz CT molecular complexity index is 1280. The summed E-state index contributed by atoms with van der Waals surface area (Å²) in [7, 11) is 3.70. The predicted octanol–water partition coefficient (Wildman–Crippen LogP) is 3.38. The lowest BCUT2D eigenvalue weighted by atomic mass is 10.2. The minimum Gasteiger partial charge on any atom is -0.352 e. The number of carbonyl (C=O) groups excluding carboxylic acids is 2. The minimum absolute atomic E-state index is 0.156. The van der Waals surface area contributed by atoms with Crippen molar-refractivity contribution in [3.63, 3.8) is 0 Å². The summed E-state index contributed by atoms with van der Waals surface area (Å²) in [6, 6.07) is 2.66. The molecule has 0 spiro atoms. The van der Waals surface area contributed by atoms with Crippen LogP contribution in [0.25, 0.3) is 11.0 Å². The average molecular weight is 493 g/mol. The van der Waals surface area contributed by atoms with Crippen LogP contribution in [0.2, 0.25) is 0 Å². The molecule has 9 nitrogen and oxygen atoms in total. The number of benzene rings is 1. The summed E-state index contributed by atoms with van der Waals surface area (Å²) in [4.78, 5) is 34.6. The summed E-state index contributed by atoms with van der Waals surface area (Å²) in [6.45, 7) is 4.38. The van der Waals surface area contributed by atoms with Crippen LogP contribution in [0.1, 0.15) is 11.3 Å². The first-order valence-electron chi connectivity index (χ1n) is 10.7. The van der Waals surface area contributed by atoms with Crippen molar-refractivity contribution in [2.45, 2.75) is 13.1 Å². The number of hydrogen-bond donors (Lipinski definition) is 1. The fourth-order valence-corrected chi connectivity index (χ4v) is 3.97. The number of imide groups is 1. The van der Waals surface area contributed by atoms with E-state index in [9.17, 15) is 27.2 Å². The van der Waals surface area contributed by atoms with Crippen LogP contribution < -0.4 is 15.1 Å². The molecular weight excluding hydrogens is 470 g/mol. The third-order valence-electron chi connectivity index (χ3n) is 5.87. The molecule has 1 N–H and O–H groups in total. The van der Waals surface area contributed by atoms with Gasteiger partial charge in [-0.25, -0.2) is 19.1 Å². The lowest BCUT2D eigenvalue weighted by molar-refractivity contribution is -0.139. The maximum atomic E-state index is 13.6. The van der Waals surface area contributed by atoms with E-state index in [2.05, 4.69) is 20.3 Å². The molecule has 1 saturated heterocycles.